The van der Waals surface area contributed by atoms with Crippen LogP contribution in [0.5, 0.6) is 0 Å². The number of aryl methyl sites for hydroxylation is 1. The second-order valence-corrected chi connectivity index (χ2v) is 6.48. The van der Waals surface area contributed by atoms with Gasteiger partial charge in [0.15, 0.2) is 5.82 Å². The van der Waals surface area contributed by atoms with Crippen LogP contribution in [0.15, 0.2) is 42.7 Å². The van der Waals surface area contributed by atoms with Crippen LogP contribution in [0.2, 0.25) is 5.02 Å². The lowest BCUT2D eigenvalue weighted by Gasteiger charge is -2.17. The number of imidazole rings is 1. The molecule has 2 heterocycles. The molecule has 1 N–H and O–H groups in total. The molecule has 0 aliphatic rings. The first-order valence-corrected chi connectivity index (χ1v) is 7.60. The molecule has 0 radical (unpaired) electrons. The number of pyridine rings is 1. The molecule has 0 fully saturated rings. The van der Waals surface area contributed by atoms with Crippen LogP contribution < -0.4 is 0 Å². The van der Waals surface area contributed by atoms with Gasteiger partial charge in [-0.3, -0.25) is 0 Å². The summed E-state index contributed by atoms with van der Waals surface area (Å²) in [4.78, 5) is 9.06. The van der Waals surface area contributed by atoms with Gasteiger partial charge in [0, 0.05) is 29.3 Å². The molecule has 2 aromatic heterocycles. The van der Waals surface area contributed by atoms with E-state index in [1.165, 1.54) is 0 Å². The molecule has 3 rings (SSSR count). The van der Waals surface area contributed by atoms with Crippen LogP contribution in [-0.2, 0) is 6.54 Å². The number of nitrogens with zero attached hydrogens (tertiary/aromatic N) is 3. The highest BCUT2D eigenvalue weighted by Crippen LogP contribution is 2.23. The summed E-state index contributed by atoms with van der Waals surface area (Å²) in [6, 6.07) is 9.58. The van der Waals surface area contributed by atoms with Gasteiger partial charge in [0.25, 0.3) is 0 Å². The van der Waals surface area contributed by atoms with Crippen LogP contribution in [0.4, 0.5) is 0 Å². The van der Waals surface area contributed by atoms with Crippen molar-refractivity contribution < 1.29 is 5.11 Å². The van der Waals surface area contributed by atoms with Gasteiger partial charge in [-0.2, -0.15) is 0 Å². The number of halogens is 1. The summed E-state index contributed by atoms with van der Waals surface area (Å²) >= 11 is 6.00. The van der Waals surface area contributed by atoms with Crippen LogP contribution >= 0.6 is 11.6 Å². The second-order valence-electron chi connectivity index (χ2n) is 6.04. The van der Waals surface area contributed by atoms with Crippen molar-refractivity contribution in [3.05, 3.63) is 47.7 Å². The van der Waals surface area contributed by atoms with Gasteiger partial charge in [0.05, 0.1) is 11.1 Å². The molecule has 4 nitrogen and oxygen atoms in total. The summed E-state index contributed by atoms with van der Waals surface area (Å²) in [5.41, 5.74) is 1.00. The monoisotopic (exact) mass is 315 g/mol. The van der Waals surface area contributed by atoms with Crippen LogP contribution in [0, 0.1) is 0 Å². The Hall–Kier alpha value is -1.91. The van der Waals surface area contributed by atoms with Gasteiger partial charge in [-0.05, 0) is 44.5 Å². The maximum absolute atomic E-state index is 9.88. The topological polar surface area (TPSA) is 50.9 Å². The third kappa shape index (κ3) is 3.29. The van der Waals surface area contributed by atoms with E-state index < -0.39 is 5.60 Å². The SMILES string of the molecule is CC(C)(O)CCn1ccnc1-c1ccc2cc(Cl)ccc2n1. The number of aromatic nitrogens is 3. The molecule has 0 bridgehead atoms. The molecule has 3 aromatic rings. The second kappa shape index (κ2) is 5.71. The molecule has 22 heavy (non-hydrogen) atoms. The van der Waals surface area contributed by atoms with Crippen molar-refractivity contribution in [1.29, 1.82) is 0 Å². The molecule has 0 saturated carbocycles. The maximum Gasteiger partial charge on any atom is 0.158 e. The maximum atomic E-state index is 9.88. The number of hydrogen-bond acceptors (Lipinski definition) is 3. The van der Waals surface area contributed by atoms with Gasteiger partial charge >= 0.3 is 0 Å². The molecule has 114 valence electrons. The predicted molar refractivity (Wildman–Crippen MR) is 88.9 cm³/mol. The average Bonchev–Trinajstić information content (AvgIpc) is 2.92. The van der Waals surface area contributed by atoms with Gasteiger partial charge in [0.1, 0.15) is 5.69 Å². The standard InChI is InChI=1S/C17H18ClN3O/c1-17(2,22)7-9-21-10-8-19-16(21)15-5-3-12-11-13(18)4-6-14(12)20-15/h3-6,8,10-11,22H,7,9H2,1-2H3. The highest BCUT2D eigenvalue weighted by molar-refractivity contribution is 6.31. The lowest BCUT2D eigenvalue weighted by molar-refractivity contribution is 0.0663. The van der Waals surface area contributed by atoms with Crippen molar-refractivity contribution in [3.8, 4) is 11.5 Å². The Morgan fingerprint density at radius 3 is 2.82 bits per heavy atom. The fourth-order valence-electron chi connectivity index (χ4n) is 2.34. The van der Waals surface area contributed by atoms with Gasteiger partial charge in [-0.25, -0.2) is 9.97 Å². The van der Waals surface area contributed by atoms with Crippen LogP contribution in [0.3, 0.4) is 0 Å². The van der Waals surface area contributed by atoms with E-state index in [0.717, 1.165) is 22.4 Å². The Labute approximate surface area is 134 Å². The minimum absolute atomic E-state index is 0.652. The largest absolute Gasteiger partial charge is 0.390 e. The normalized spacial score (nSPS) is 12.0. The van der Waals surface area contributed by atoms with Crippen molar-refractivity contribution in [1.82, 2.24) is 14.5 Å². The van der Waals surface area contributed by atoms with Crippen molar-refractivity contribution in [2.75, 3.05) is 0 Å². The zero-order chi connectivity index (χ0) is 15.7. The van der Waals surface area contributed by atoms with Gasteiger partial charge in [-0.1, -0.05) is 17.7 Å². The molecule has 0 aliphatic heterocycles. The first kappa shape index (κ1) is 15.0. The smallest absolute Gasteiger partial charge is 0.158 e. The average molecular weight is 316 g/mol. The van der Waals surface area contributed by atoms with Crippen LogP contribution in [-0.4, -0.2) is 25.2 Å². The number of benzene rings is 1. The lowest BCUT2D eigenvalue weighted by atomic mass is 10.1. The summed E-state index contributed by atoms with van der Waals surface area (Å²) in [5.74, 6) is 0.807. The first-order chi connectivity index (χ1) is 10.4. The van der Waals surface area contributed by atoms with Gasteiger partial charge in [-0.15, -0.1) is 0 Å². The fourth-order valence-corrected chi connectivity index (χ4v) is 2.52. The molecule has 0 saturated heterocycles. The van der Waals surface area contributed by atoms with Crippen LogP contribution in [0.25, 0.3) is 22.4 Å². The van der Waals surface area contributed by atoms with E-state index >= 15 is 0 Å². The number of fused-ring (bicyclic) bond motifs is 1. The third-order valence-corrected chi connectivity index (χ3v) is 3.80. The minimum atomic E-state index is -0.699. The van der Waals surface area contributed by atoms with E-state index in [1.54, 1.807) is 6.20 Å². The number of hydrogen-bond donors (Lipinski definition) is 1. The quantitative estimate of drug-likeness (QED) is 0.794. The van der Waals surface area contributed by atoms with Crippen molar-refractivity contribution in [2.24, 2.45) is 0 Å². The Morgan fingerprint density at radius 1 is 1.23 bits per heavy atom. The Balaban J connectivity index is 1.94. The highest BCUT2D eigenvalue weighted by atomic mass is 35.5. The summed E-state index contributed by atoms with van der Waals surface area (Å²) in [5, 5.41) is 11.6. The summed E-state index contributed by atoms with van der Waals surface area (Å²) in [6.07, 6.45) is 4.32. The Morgan fingerprint density at radius 2 is 2.05 bits per heavy atom. The third-order valence-electron chi connectivity index (χ3n) is 3.56. The number of rotatable bonds is 4. The highest BCUT2D eigenvalue weighted by Gasteiger charge is 2.14. The van der Waals surface area contributed by atoms with E-state index in [9.17, 15) is 5.11 Å². The summed E-state index contributed by atoms with van der Waals surface area (Å²) in [7, 11) is 0. The molecular formula is C17H18ClN3O. The van der Waals surface area contributed by atoms with Gasteiger partial charge < -0.3 is 9.67 Å². The minimum Gasteiger partial charge on any atom is -0.390 e. The molecule has 5 heteroatoms. The molecular weight excluding hydrogens is 298 g/mol. The molecule has 0 unspecified atom stereocenters. The van der Waals surface area contributed by atoms with E-state index in [-0.39, 0.29) is 0 Å². The molecule has 0 spiro atoms. The fraction of sp³-hybridized carbons (Fsp3) is 0.294. The zero-order valence-electron chi connectivity index (χ0n) is 12.6. The molecule has 0 aliphatic carbocycles. The van der Waals surface area contributed by atoms with E-state index in [4.69, 9.17) is 11.6 Å². The van der Waals surface area contributed by atoms with E-state index in [0.29, 0.717) is 18.0 Å². The molecule has 0 amide bonds. The molecule has 0 atom stereocenters. The predicted octanol–water partition coefficient (Wildman–Crippen LogP) is 3.91. The van der Waals surface area contributed by atoms with E-state index in [2.05, 4.69) is 9.97 Å². The Kier molecular flexibility index (Phi) is 3.89. The molecule has 1 aromatic carbocycles. The van der Waals surface area contributed by atoms with Crippen LogP contribution in [0.1, 0.15) is 20.3 Å². The summed E-state index contributed by atoms with van der Waals surface area (Å²) in [6.45, 7) is 4.31. The van der Waals surface area contributed by atoms with Crippen molar-refractivity contribution in [2.45, 2.75) is 32.4 Å². The summed E-state index contributed by atoms with van der Waals surface area (Å²) < 4.78 is 2.02. The zero-order valence-corrected chi connectivity index (χ0v) is 13.4. The Bertz CT molecular complexity index is 805. The number of aliphatic hydroxyl groups is 1. The lowest BCUT2D eigenvalue weighted by Crippen LogP contribution is -2.21. The van der Waals surface area contributed by atoms with Gasteiger partial charge in [0.2, 0.25) is 0 Å². The van der Waals surface area contributed by atoms with Crippen molar-refractivity contribution >= 4 is 22.5 Å². The first-order valence-electron chi connectivity index (χ1n) is 7.23. The van der Waals surface area contributed by atoms with Crippen molar-refractivity contribution in [3.63, 3.8) is 0 Å². The van der Waals surface area contributed by atoms with E-state index in [1.807, 2.05) is 54.9 Å².